The van der Waals surface area contributed by atoms with Crippen LogP contribution in [-0.2, 0) is 14.4 Å². The minimum absolute atomic E-state index is 0.182. The minimum atomic E-state index is -0.438. The molecule has 1 fully saturated rings. The van der Waals surface area contributed by atoms with E-state index in [4.69, 9.17) is 9.57 Å². The number of nitrogens with zero attached hydrogens (tertiary/aromatic N) is 5. The van der Waals surface area contributed by atoms with Gasteiger partial charge in [-0.25, -0.2) is 4.79 Å². The highest BCUT2D eigenvalue weighted by Crippen LogP contribution is 2.29. The molecule has 0 spiro atoms. The summed E-state index contributed by atoms with van der Waals surface area (Å²) >= 11 is 1.56. The van der Waals surface area contributed by atoms with Crippen LogP contribution in [0.25, 0.3) is 5.69 Å². The van der Waals surface area contributed by atoms with Gasteiger partial charge < -0.3 is 14.5 Å². The summed E-state index contributed by atoms with van der Waals surface area (Å²) in [4.78, 5) is 19.3. The van der Waals surface area contributed by atoms with Gasteiger partial charge in [-0.1, -0.05) is 35.1 Å². The average Bonchev–Trinajstić information content (AvgIpc) is 3.40. The number of anilines is 1. The third-order valence-corrected chi connectivity index (χ3v) is 5.88. The number of oxime groups is 1. The van der Waals surface area contributed by atoms with E-state index in [0.29, 0.717) is 17.9 Å². The molecule has 148 valence electrons. The average molecular weight is 401 g/mol. The molecule has 0 N–H and O–H groups in total. The second-order valence-corrected chi connectivity index (χ2v) is 7.76. The maximum atomic E-state index is 11.6. The topological polar surface area (TPSA) is 81.8 Å². The Bertz CT molecular complexity index is 849. The van der Waals surface area contributed by atoms with Crippen LogP contribution < -0.4 is 4.90 Å². The zero-order valence-corrected chi connectivity index (χ0v) is 16.6. The van der Waals surface area contributed by atoms with E-state index in [0.717, 1.165) is 29.9 Å². The Labute approximate surface area is 167 Å². The SMILES string of the molecule is COC(=O)C1=NO[C@H](CSc2nnc(N3CCCCC3)n2-c2ccccc2)C1. The van der Waals surface area contributed by atoms with E-state index in [9.17, 15) is 4.79 Å². The predicted octanol–water partition coefficient (Wildman–Crippen LogP) is 2.67. The molecule has 0 unspecified atom stereocenters. The van der Waals surface area contributed by atoms with Crippen molar-refractivity contribution in [2.24, 2.45) is 5.16 Å². The standard InChI is InChI=1S/C19H23N5O3S/c1-26-17(25)16-12-15(27-22-16)13-28-19-21-20-18(23-10-6-3-7-11-23)24(19)14-8-4-2-5-9-14/h2,4-5,8-9,15H,3,6-7,10-13H2,1H3/t15-/m0/s1. The fourth-order valence-electron chi connectivity index (χ4n) is 3.38. The van der Waals surface area contributed by atoms with E-state index in [1.807, 2.05) is 18.2 Å². The largest absolute Gasteiger partial charge is 0.464 e. The van der Waals surface area contributed by atoms with Crippen LogP contribution in [0.3, 0.4) is 0 Å². The van der Waals surface area contributed by atoms with Crippen LogP contribution in [-0.4, -0.2) is 58.5 Å². The summed E-state index contributed by atoms with van der Waals surface area (Å²) in [5.74, 6) is 1.06. The number of thioether (sulfide) groups is 1. The molecule has 0 radical (unpaired) electrons. The summed E-state index contributed by atoms with van der Waals surface area (Å²) in [6.45, 7) is 2.00. The van der Waals surface area contributed by atoms with Gasteiger partial charge in [0.05, 0.1) is 12.8 Å². The number of carbonyl (C=O) groups is 1. The number of hydrogen-bond donors (Lipinski definition) is 0. The van der Waals surface area contributed by atoms with Crippen molar-refractivity contribution in [3.63, 3.8) is 0 Å². The summed E-state index contributed by atoms with van der Waals surface area (Å²) in [6.07, 6.45) is 3.87. The molecular weight excluding hydrogens is 378 g/mol. The third-order valence-electron chi connectivity index (χ3n) is 4.82. The summed E-state index contributed by atoms with van der Waals surface area (Å²) in [5, 5.41) is 13.6. The van der Waals surface area contributed by atoms with Gasteiger partial charge in [0.2, 0.25) is 5.95 Å². The molecule has 9 heteroatoms. The van der Waals surface area contributed by atoms with Crippen molar-refractivity contribution < 1.29 is 14.4 Å². The molecule has 8 nitrogen and oxygen atoms in total. The number of para-hydroxylation sites is 1. The van der Waals surface area contributed by atoms with Gasteiger partial charge in [-0.2, -0.15) is 0 Å². The summed E-state index contributed by atoms with van der Waals surface area (Å²) in [5.41, 5.74) is 1.36. The lowest BCUT2D eigenvalue weighted by atomic mass is 10.1. The quantitative estimate of drug-likeness (QED) is 0.544. The summed E-state index contributed by atoms with van der Waals surface area (Å²) in [7, 11) is 1.34. The Morgan fingerprint density at radius 1 is 1.21 bits per heavy atom. The summed E-state index contributed by atoms with van der Waals surface area (Å²) in [6, 6.07) is 10.1. The van der Waals surface area contributed by atoms with E-state index in [1.54, 1.807) is 11.8 Å². The fourth-order valence-corrected chi connectivity index (χ4v) is 4.31. The van der Waals surface area contributed by atoms with E-state index < -0.39 is 5.97 Å². The van der Waals surface area contributed by atoms with Crippen molar-refractivity contribution in [2.75, 3.05) is 30.9 Å². The van der Waals surface area contributed by atoms with Gasteiger partial charge in [-0.15, -0.1) is 10.2 Å². The van der Waals surface area contributed by atoms with Crippen molar-refractivity contribution in [2.45, 2.75) is 36.9 Å². The van der Waals surface area contributed by atoms with Crippen LogP contribution >= 0.6 is 11.8 Å². The molecule has 2 aromatic rings. The van der Waals surface area contributed by atoms with Crippen molar-refractivity contribution in [1.29, 1.82) is 0 Å². The normalized spacial score (nSPS) is 19.2. The lowest BCUT2D eigenvalue weighted by Crippen LogP contribution is -2.31. The van der Waals surface area contributed by atoms with E-state index in [1.165, 1.54) is 26.4 Å². The predicted molar refractivity (Wildman–Crippen MR) is 107 cm³/mol. The number of benzene rings is 1. The van der Waals surface area contributed by atoms with Crippen molar-refractivity contribution in [3.8, 4) is 5.69 Å². The highest BCUT2D eigenvalue weighted by molar-refractivity contribution is 7.99. The van der Waals surface area contributed by atoms with Gasteiger partial charge in [0.1, 0.15) is 6.10 Å². The minimum Gasteiger partial charge on any atom is -0.464 e. The monoisotopic (exact) mass is 401 g/mol. The number of carbonyl (C=O) groups excluding carboxylic acids is 1. The Balaban J connectivity index is 1.51. The van der Waals surface area contributed by atoms with Gasteiger partial charge in [0.25, 0.3) is 0 Å². The van der Waals surface area contributed by atoms with E-state index in [2.05, 4.69) is 37.0 Å². The molecule has 0 bridgehead atoms. The first-order chi connectivity index (χ1) is 13.8. The van der Waals surface area contributed by atoms with E-state index >= 15 is 0 Å². The van der Waals surface area contributed by atoms with Gasteiger partial charge in [0, 0.05) is 25.3 Å². The molecule has 28 heavy (non-hydrogen) atoms. The third kappa shape index (κ3) is 3.99. The zero-order chi connectivity index (χ0) is 19.3. The van der Waals surface area contributed by atoms with Gasteiger partial charge in [0.15, 0.2) is 10.9 Å². The van der Waals surface area contributed by atoms with Crippen LogP contribution in [0, 0.1) is 0 Å². The van der Waals surface area contributed by atoms with Crippen molar-refractivity contribution in [1.82, 2.24) is 14.8 Å². The molecule has 0 saturated carbocycles. The maximum Gasteiger partial charge on any atom is 0.355 e. The van der Waals surface area contributed by atoms with E-state index in [-0.39, 0.29) is 6.10 Å². The molecule has 2 aliphatic rings. The Hall–Kier alpha value is -2.55. The molecule has 1 atom stereocenters. The number of rotatable bonds is 6. The number of piperidine rings is 1. The second kappa shape index (κ2) is 8.64. The van der Waals surface area contributed by atoms with Gasteiger partial charge in [-0.3, -0.25) is 4.57 Å². The van der Waals surface area contributed by atoms with Crippen LogP contribution in [0.15, 0.2) is 40.6 Å². The Morgan fingerprint density at radius 2 is 2.00 bits per heavy atom. The van der Waals surface area contributed by atoms with Crippen molar-refractivity contribution >= 4 is 29.4 Å². The van der Waals surface area contributed by atoms with Crippen LogP contribution in [0.5, 0.6) is 0 Å². The first kappa shape index (κ1) is 18.8. The molecule has 1 saturated heterocycles. The molecule has 1 aromatic carbocycles. The lowest BCUT2D eigenvalue weighted by Gasteiger charge is -2.27. The number of aromatic nitrogens is 3. The van der Waals surface area contributed by atoms with Crippen LogP contribution in [0.1, 0.15) is 25.7 Å². The molecule has 4 rings (SSSR count). The molecular formula is C19H23N5O3S. The number of methoxy groups -OCH3 is 1. The zero-order valence-electron chi connectivity index (χ0n) is 15.8. The molecule has 1 aromatic heterocycles. The smallest absolute Gasteiger partial charge is 0.355 e. The lowest BCUT2D eigenvalue weighted by molar-refractivity contribution is -0.132. The number of hydrogen-bond acceptors (Lipinski definition) is 8. The van der Waals surface area contributed by atoms with Gasteiger partial charge >= 0.3 is 5.97 Å². The molecule has 2 aliphatic heterocycles. The number of ether oxygens (including phenoxy) is 1. The Morgan fingerprint density at radius 3 is 2.75 bits per heavy atom. The second-order valence-electron chi connectivity index (χ2n) is 6.77. The molecule has 0 amide bonds. The first-order valence-electron chi connectivity index (χ1n) is 9.46. The molecule has 3 heterocycles. The maximum absolute atomic E-state index is 11.6. The van der Waals surface area contributed by atoms with Crippen molar-refractivity contribution in [3.05, 3.63) is 30.3 Å². The summed E-state index contributed by atoms with van der Waals surface area (Å²) < 4.78 is 6.81. The Kier molecular flexibility index (Phi) is 5.80. The first-order valence-corrected chi connectivity index (χ1v) is 10.4. The fraction of sp³-hybridized carbons (Fsp3) is 0.474. The highest BCUT2D eigenvalue weighted by atomic mass is 32.2. The highest BCUT2D eigenvalue weighted by Gasteiger charge is 2.28. The number of esters is 1. The van der Waals surface area contributed by atoms with Crippen LogP contribution in [0.4, 0.5) is 5.95 Å². The molecule has 0 aliphatic carbocycles. The van der Waals surface area contributed by atoms with Crippen LogP contribution in [0.2, 0.25) is 0 Å². The van der Waals surface area contributed by atoms with Gasteiger partial charge in [-0.05, 0) is 31.4 Å².